The zero-order chi connectivity index (χ0) is 37.7. The topological polar surface area (TPSA) is 21.3 Å². The number of aromatic nitrogens is 1. The standard InChI is InChI=1S/C54H36N2O/c1-4-19-37(20-5-1)40-25-10-13-31-46(40)55(50-35-17-30-44-43-26-12-15-36-51(43)57-54(44)50)48-33-18-34-49-52(48)45-27-11-14-32-47(45)56(49)53-41(38-21-6-2-7-22-38)28-16-29-42(53)39-23-8-3-9-24-39/h1-36H. The van der Waals surface area contributed by atoms with Gasteiger partial charge in [0.05, 0.1) is 33.8 Å². The van der Waals surface area contributed by atoms with Crippen molar-refractivity contribution in [2.75, 3.05) is 4.90 Å². The van der Waals surface area contributed by atoms with Crippen LogP contribution in [0.5, 0.6) is 0 Å². The van der Waals surface area contributed by atoms with Crippen LogP contribution in [0.4, 0.5) is 17.1 Å². The van der Waals surface area contributed by atoms with Crippen LogP contribution in [0.15, 0.2) is 223 Å². The zero-order valence-electron chi connectivity index (χ0n) is 31.1. The quantitative estimate of drug-likeness (QED) is 0.163. The fourth-order valence-electron chi connectivity index (χ4n) is 8.74. The number of fused-ring (bicyclic) bond motifs is 6. The molecule has 0 amide bonds. The van der Waals surface area contributed by atoms with Crippen LogP contribution >= 0.6 is 0 Å². The number of hydrogen-bond acceptors (Lipinski definition) is 2. The van der Waals surface area contributed by atoms with Crippen LogP contribution < -0.4 is 4.90 Å². The van der Waals surface area contributed by atoms with Crippen molar-refractivity contribution in [2.24, 2.45) is 0 Å². The van der Waals surface area contributed by atoms with Gasteiger partial charge in [-0.05, 0) is 53.1 Å². The monoisotopic (exact) mass is 728 g/mol. The molecule has 3 heteroatoms. The van der Waals surface area contributed by atoms with E-state index in [2.05, 4.69) is 222 Å². The summed E-state index contributed by atoms with van der Waals surface area (Å²) in [4.78, 5) is 2.42. The third-order valence-electron chi connectivity index (χ3n) is 11.2. The summed E-state index contributed by atoms with van der Waals surface area (Å²) < 4.78 is 9.30. The summed E-state index contributed by atoms with van der Waals surface area (Å²) in [6.45, 7) is 0. The highest BCUT2D eigenvalue weighted by atomic mass is 16.3. The smallest absolute Gasteiger partial charge is 0.159 e. The Morgan fingerprint density at radius 1 is 0.333 bits per heavy atom. The Kier molecular flexibility index (Phi) is 7.82. The predicted octanol–water partition coefficient (Wildman–Crippen LogP) is 15.2. The van der Waals surface area contributed by atoms with Gasteiger partial charge < -0.3 is 13.9 Å². The van der Waals surface area contributed by atoms with Crippen LogP contribution in [0.25, 0.3) is 82.8 Å². The Morgan fingerprint density at radius 3 is 1.53 bits per heavy atom. The Balaban J connectivity index is 1.27. The van der Waals surface area contributed by atoms with E-state index in [-0.39, 0.29) is 0 Å². The number of furan rings is 1. The number of hydrogen-bond donors (Lipinski definition) is 0. The van der Waals surface area contributed by atoms with Gasteiger partial charge in [0.25, 0.3) is 0 Å². The first kappa shape index (κ1) is 32.8. The Bertz CT molecular complexity index is 3180. The molecule has 0 bridgehead atoms. The van der Waals surface area contributed by atoms with Gasteiger partial charge in [-0.15, -0.1) is 0 Å². The molecule has 0 aliphatic rings. The highest BCUT2D eigenvalue weighted by Gasteiger charge is 2.27. The molecular formula is C54H36N2O. The molecule has 0 saturated carbocycles. The van der Waals surface area contributed by atoms with Crippen molar-refractivity contribution in [1.82, 2.24) is 4.57 Å². The van der Waals surface area contributed by atoms with Crippen molar-refractivity contribution >= 4 is 60.8 Å². The van der Waals surface area contributed by atoms with Gasteiger partial charge in [0.15, 0.2) is 5.58 Å². The van der Waals surface area contributed by atoms with Crippen molar-refractivity contribution in [3.05, 3.63) is 218 Å². The van der Waals surface area contributed by atoms with Gasteiger partial charge in [0.1, 0.15) is 5.58 Å². The molecule has 11 aromatic rings. The number of rotatable bonds is 7. The molecule has 0 radical (unpaired) electrons. The highest BCUT2D eigenvalue weighted by molar-refractivity contribution is 6.19. The van der Waals surface area contributed by atoms with Crippen molar-refractivity contribution < 1.29 is 4.42 Å². The normalized spacial score (nSPS) is 11.5. The second-order valence-electron chi connectivity index (χ2n) is 14.4. The fourth-order valence-corrected chi connectivity index (χ4v) is 8.74. The Labute approximate surface area is 330 Å². The van der Waals surface area contributed by atoms with E-state index >= 15 is 0 Å². The summed E-state index contributed by atoms with van der Waals surface area (Å²) >= 11 is 0. The van der Waals surface area contributed by atoms with Gasteiger partial charge in [-0.1, -0.05) is 182 Å². The summed E-state index contributed by atoms with van der Waals surface area (Å²) in [5, 5.41) is 4.52. The second kappa shape index (κ2) is 13.6. The molecule has 9 aromatic carbocycles. The van der Waals surface area contributed by atoms with E-state index in [1.54, 1.807) is 0 Å². The molecule has 0 N–H and O–H groups in total. The molecule has 268 valence electrons. The number of nitrogens with zero attached hydrogens (tertiary/aromatic N) is 2. The van der Waals surface area contributed by atoms with Crippen LogP contribution in [0, 0.1) is 0 Å². The average Bonchev–Trinajstić information content (AvgIpc) is 3.84. The van der Waals surface area contributed by atoms with E-state index in [4.69, 9.17) is 4.42 Å². The van der Waals surface area contributed by atoms with Crippen LogP contribution in [-0.4, -0.2) is 4.57 Å². The average molecular weight is 729 g/mol. The minimum absolute atomic E-state index is 0.850. The molecule has 2 heterocycles. The van der Waals surface area contributed by atoms with Gasteiger partial charge >= 0.3 is 0 Å². The minimum Gasteiger partial charge on any atom is -0.454 e. The molecule has 0 atom stereocenters. The van der Waals surface area contributed by atoms with Crippen molar-refractivity contribution in [2.45, 2.75) is 0 Å². The molecule has 57 heavy (non-hydrogen) atoms. The van der Waals surface area contributed by atoms with Gasteiger partial charge in [-0.2, -0.15) is 0 Å². The van der Waals surface area contributed by atoms with Crippen molar-refractivity contribution in [3.8, 4) is 39.1 Å². The van der Waals surface area contributed by atoms with Crippen LogP contribution in [0.3, 0.4) is 0 Å². The summed E-state index contributed by atoms with van der Waals surface area (Å²) in [5.41, 5.74) is 15.2. The molecule has 0 aliphatic carbocycles. The molecular weight excluding hydrogens is 693 g/mol. The zero-order valence-corrected chi connectivity index (χ0v) is 31.1. The molecule has 0 saturated heterocycles. The van der Waals surface area contributed by atoms with Gasteiger partial charge in [-0.25, -0.2) is 0 Å². The van der Waals surface area contributed by atoms with E-state index in [0.29, 0.717) is 0 Å². The van der Waals surface area contributed by atoms with E-state index in [9.17, 15) is 0 Å². The first-order valence-electron chi connectivity index (χ1n) is 19.4. The summed E-state index contributed by atoms with van der Waals surface area (Å²) in [7, 11) is 0. The van der Waals surface area contributed by atoms with Crippen LogP contribution in [0.2, 0.25) is 0 Å². The third-order valence-corrected chi connectivity index (χ3v) is 11.2. The lowest BCUT2D eigenvalue weighted by molar-refractivity contribution is 0.669. The maximum absolute atomic E-state index is 6.81. The fraction of sp³-hybridized carbons (Fsp3) is 0. The lowest BCUT2D eigenvalue weighted by Crippen LogP contribution is -2.12. The molecule has 3 nitrogen and oxygen atoms in total. The van der Waals surface area contributed by atoms with Gasteiger partial charge in [0.2, 0.25) is 0 Å². The number of anilines is 3. The molecule has 0 spiro atoms. The van der Waals surface area contributed by atoms with Crippen LogP contribution in [0.1, 0.15) is 0 Å². The lowest BCUT2D eigenvalue weighted by atomic mass is 9.95. The first-order chi connectivity index (χ1) is 28.3. The van der Waals surface area contributed by atoms with Crippen molar-refractivity contribution in [1.29, 1.82) is 0 Å². The van der Waals surface area contributed by atoms with Gasteiger partial charge in [-0.3, -0.25) is 0 Å². The summed E-state index contributed by atoms with van der Waals surface area (Å²) in [6, 6.07) is 78.1. The molecule has 11 rings (SSSR count). The van der Waals surface area contributed by atoms with Gasteiger partial charge in [0, 0.05) is 38.2 Å². The summed E-state index contributed by atoms with van der Waals surface area (Å²) in [5.74, 6) is 0. The largest absolute Gasteiger partial charge is 0.454 e. The predicted molar refractivity (Wildman–Crippen MR) is 239 cm³/mol. The summed E-state index contributed by atoms with van der Waals surface area (Å²) in [6.07, 6.45) is 0. The molecule has 0 fully saturated rings. The Hall–Kier alpha value is -7.62. The molecule has 0 aliphatic heterocycles. The van der Waals surface area contributed by atoms with E-state index in [1.165, 1.54) is 27.6 Å². The molecule has 0 unspecified atom stereocenters. The Morgan fingerprint density at radius 2 is 0.807 bits per heavy atom. The maximum atomic E-state index is 6.81. The van der Waals surface area contributed by atoms with E-state index in [0.717, 1.165) is 72.2 Å². The SMILES string of the molecule is c1ccc(-c2ccccc2N(c2cccc3c2oc2ccccc23)c2cccc3c2c2ccccc2n3-c2c(-c3ccccc3)cccc2-c2ccccc2)cc1. The number of benzene rings is 9. The highest BCUT2D eigenvalue weighted by Crippen LogP contribution is 2.50. The first-order valence-corrected chi connectivity index (χ1v) is 19.4. The third kappa shape index (κ3) is 5.36. The lowest BCUT2D eigenvalue weighted by Gasteiger charge is -2.29. The molecule has 2 aromatic heterocycles. The van der Waals surface area contributed by atoms with E-state index < -0.39 is 0 Å². The second-order valence-corrected chi connectivity index (χ2v) is 14.4. The maximum Gasteiger partial charge on any atom is 0.159 e. The van der Waals surface area contributed by atoms with Crippen LogP contribution in [-0.2, 0) is 0 Å². The number of para-hydroxylation sites is 5. The van der Waals surface area contributed by atoms with Crippen molar-refractivity contribution in [3.63, 3.8) is 0 Å². The minimum atomic E-state index is 0.850. The van der Waals surface area contributed by atoms with E-state index in [1.807, 2.05) is 6.07 Å².